The Balaban J connectivity index is 2.23. The maximum Gasteiger partial charge on any atom is 0.336 e. The Labute approximate surface area is 158 Å². The molecule has 0 amide bonds. The van der Waals surface area contributed by atoms with Crippen LogP contribution < -0.4 is 0 Å². The van der Waals surface area contributed by atoms with Gasteiger partial charge < -0.3 is 5.11 Å². The summed E-state index contributed by atoms with van der Waals surface area (Å²) in [5.41, 5.74) is 6.90. The van der Waals surface area contributed by atoms with Crippen LogP contribution in [0.4, 0.5) is 0 Å². The van der Waals surface area contributed by atoms with Crippen molar-refractivity contribution in [1.82, 2.24) is 0 Å². The minimum atomic E-state index is -0.899. The zero-order valence-electron chi connectivity index (χ0n) is 15.4. The highest BCUT2D eigenvalue weighted by molar-refractivity contribution is 6.14. The Morgan fingerprint density at radius 1 is 0.667 bits per heavy atom. The second kappa shape index (κ2) is 6.73. The van der Waals surface area contributed by atoms with E-state index in [0.29, 0.717) is 5.56 Å². The lowest BCUT2D eigenvalue weighted by Gasteiger charge is -2.21. The van der Waals surface area contributed by atoms with Crippen molar-refractivity contribution in [3.05, 3.63) is 95.6 Å². The molecule has 4 aromatic rings. The van der Waals surface area contributed by atoms with Crippen molar-refractivity contribution in [3.63, 3.8) is 0 Å². The van der Waals surface area contributed by atoms with Gasteiger partial charge in [-0.1, -0.05) is 72.8 Å². The number of carbonyl (C=O) groups is 1. The van der Waals surface area contributed by atoms with Crippen LogP contribution in [0.25, 0.3) is 33.0 Å². The Kier molecular flexibility index (Phi) is 4.25. The zero-order chi connectivity index (χ0) is 19.0. The Morgan fingerprint density at radius 2 is 1.22 bits per heavy atom. The van der Waals surface area contributed by atoms with Gasteiger partial charge in [0.2, 0.25) is 0 Å². The smallest absolute Gasteiger partial charge is 0.336 e. The van der Waals surface area contributed by atoms with Crippen LogP contribution in [0.3, 0.4) is 0 Å². The lowest BCUT2D eigenvalue weighted by Crippen LogP contribution is -2.02. The highest BCUT2D eigenvalue weighted by atomic mass is 16.4. The van der Waals surface area contributed by atoms with Crippen LogP contribution in [0.15, 0.2) is 78.9 Å². The molecule has 4 rings (SSSR count). The van der Waals surface area contributed by atoms with Crippen molar-refractivity contribution in [2.24, 2.45) is 0 Å². The Hall–Kier alpha value is -3.39. The third-order valence-corrected chi connectivity index (χ3v) is 5.20. The minimum Gasteiger partial charge on any atom is -0.478 e. The predicted octanol–water partition coefficient (Wildman–Crippen LogP) is 6.49. The summed E-state index contributed by atoms with van der Waals surface area (Å²) in [7, 11) is 0. The molecule has 0 bridgehead atoms. The molecule has 0 fully saturated rings. The van der Waals surface area contributed by atoms with Crippen molar-refractivity contribution < 1.29 is 9.90 Å². The van der Waals surface area contributed by atoms with E-state index >= 15 is 0 Å². The van der Waals surface area contributed by atoms with Crippen LogP contribution >= 0.6 is 0 Å². The van der Waals surface area contributed by atoms with Gasteiger partial charge in [-0.25, -0.2) is 4.79 Å². The Bertz CT molecular complexity index is 1140. The number of hydrogen-bond donors (Lipinski definition) is 1. The molecule has 0 radical (unpaired) electrons. The third kappa shape index (κ3) is 2.80. The van der Waals surface area contributed by atoms with Gasteiger partial charge in [0.05, 0.1) is 5.56 Å². The molecule has 0 aliphatic rings. The SMILES string of the molecule is Cc1c(-c2ccccc2)c(C)c2cccc(C(=O)O)c2c1-c1ccccc1. The molecular weight excluding hydrogens is 332 g/mol. The van der Waals surface area contributed by atoms with E-state index in [1.54, 1.807) is 6.07 Å². The van der Waals surface area contributed by atoms with E-state index < -0.39 is 5.97 Å². The van der Waals surface area contributed by atoms with Crippen molar-refractivity contribution in [2.45, 2.75) is 13.8 Å². The summed E-state index contributed by atoms with van der Waals surface area (Å²) in [5.74, 6) is -0.899. The van der Waals surface area contributed by atoms with Gasteiger partial charge in [0.1, 0.15) is 0 Å². The molecule has 2 nitrogen and oxygen atoms in total. The van der Waals surface area contributed by atoms with Gasteiger partial charge in [0, 0.05) is 5.39 Å². The van der Waals surface area contributed by atoms with E-state index in [-0.39, 0.29) is 0 Å². The van der Waals surface area contributed by atoms with Gasteiger partial charge in [0.15, 0.2) is 0 Å². The zero-order valence-corrected chi connectivity index (χ0v) is 15.4. The van der Waals surface area contributed by atoms with Crippen molar-refractivity contribution in [2.75, 3.05) is 0 Å². The van der Waals surface area contributed by atoms with Crippen LogP contribution in [0.2, 0.25) is 0 Å². The van der Waals surface area contributed by atoms with Crippen LogP contribution in [0.5, 0.6) is 0 Å². The van der Waals surface area contributed by atoms with Crippen molar-refractivity contribution in [1.29, 1.82) is 0 Å². The lowest BCUT2D eigenvalue weighted by atomic mass is 9.83. The first-order chi connectivity index (χ1) is 13.1. The molecule has 4 aromatic carbocycles. The highest BCUT2D eigenvalue weighted by Crippen LogP contribution is 2.42. The molecular formula is C25H20O2. The number of hydrogen-bond acceptors (Lipinski definition) is 1. The van der Waals surface area contributed by atoms with Crippen LogP contribution in [-0.4, -0.2) is 11.1 Å². The van der Waals surface area contributed by atoms with Gasteiger partial charge in [-0.15, -0.1) is 0 Å². The number of rotatable bonds is 3. The minimum absolute atomic E-state index is 0.345. The maximum absolute atomic E-state index is 12.0. The van der Waals surface area contributed by atoms with Crippen molar-refractivity contribution >= 4 is 16.7 Å². The monoisotopic (exact) mass is 352 g/mol. The number of carboxylic acid groups (broad SMARTS) is 1. The van der Waals surface area contributed by atoms with Crippen LogP contribution in [0.1, 0.15) is 21.5 Å². The molecule has 2 heteroatoms. The van der Waals surface area contributed by atoms with Gasteiger partial charge >= 0.3 is 5.97 Å². The predicted molar refractivity (Wildman–Crippen MR) is 111 cm³/mol. The molecule has 0 heterocycles. The van der Waals surface area contributed by atoms with E-state index in [1.807, 2.05) is 60.7 Å². The molecule has 0 unspecified atom stereocenters. The van der Waals surface area contributed by atoms with Gasteiger partial charge in [-0.05, 0) is 58.7 Å². The molecule has 0 aliphatic carbocycles. The van der Waals surface area contributed by atoms with Crippen LogP contribution in [-0.2, 0) is 0 Å². The van der Waals surface area contributed by atoms with Gasteiger partial charge in [0.25, 0.3) is 0 Å². The molecule has 27 heavy (non-hydrogen) atoms. The summed E-state index contributed by atoms with van der Waals surface area (Å²) in [6.45, 7) is 4.17. The fourth-order valence-corrected chi connectivity index (χ4v) is 4.04. The molecule has 0 aliphatic heterocycles. The van der Waals surface area contributed by atoms with Crippen LogP contribution in [0, 0.1) is 13.8 Å². The van der Waals surface area contributed by atoms with E-state index in [4.69, 9.17) is 0 Å². The molecule has 132 valence electrons. The standard InChI is InChI=1S/C25H20O2/c1-16-20-14-9-15-21(25(26)27)24(20)23(19-12-7-4-8-13-19)17(2)22(16)18-10-5-3-6-11-18/h3-15H,1-2H3,(H,26,27). The summed E-state index contributed by atoms with van der Waals surface area (Å²) in [6, 6.07) is 25.9. The number of fused-ring (bicyclic) bond motifs is 1. The van der Waals surface area contributed by atoms with E-state index in [2.05, 4.69) is 26.0 Å². The summed E-state index contributed by atoms with van der Waals surface area (Å²) >= 11 is 0. The number of benzene rings is 4. The fourth-order valence-electron chi connectivity index (χ4n) is 4.04. The highest BCUT2D eigenvalue weighted by Gasteiger charge is 2.21. The summed E-state index contributed by atoms with van der Waals surface area (Å²) in [5, 5.41) is 11.6. The number of aromatic carboxylic acids is 1. The molecule has 0 spiro atoms. The summed E-state index contributed by atoms with van der Waals surface area (Å²) in [6.07, 6.45) is 0. The number of carboxylic acids is 1. The maximum atomic E-state index is 12.0. The topological polar surface area (TPSA) is 37.3 Å². The van der Waals surface area contributed by atoms with Gasteiger partial charge in [-0.3, -0.25) is 0 Å². The molecule has 1 N–H and O–H groups in total. The first-order valence-corrected chi connectivity index (χ1v) is 8.99. The molecule has 0 aromatic heterocycles. The largest absolute Gasteiger partial charge is 0.478 e. The van der Waals surface area contributed by atoms with Gasteiger partial charge in [-0.2, -0.15) is 0 Å². The molecule has 0 saturated heterocycles. The van der Waals surface area contributed by atoms with Crippen molar-refractivity contribution in [3.8, 4) is 22.3 Å². The average Bonchev–Trinajstić information content (AvgIpc) is 2.69. The Morgan fingerprint density at radius 3 is 1.78 bits per heavy atom. The van der Waals surface area contributed by atoms with E-state index in [1.165, 1.54) is 5.56 Å². The second-order valence-electron chi connectivity index (χ2n) is 6.77. The first kappa shape index (κ1) is 17.0. The summed E-state index contributed by atoms with van der Waals surface area (Å²) in [4.78, 5) is 12.0. The normalized spacial score (nSPS) is 10.9. The fraction of sp³-hybridized carbons (Fsp3) is 0.0800. The van der Waals surface area contributed by atoms with E-state index in [0.717, 1.165) is 38.6 Å². The summed E-state index contributed by atoms with van der Waals surface area (Å²) < 4.78 is 0. The lowest BCUT2D eigenvalue weighted by molar-refractivity contribution is 0.0699. The molecule has 0 saturated carbocycles. The first-order valence-electron chi connectivity index (χ1n) is 8.99. The third-order valence-electron chi connectivity index (χ3n) is 5.20. The quantitative estimate of drug-likeness (QED) is 0.457. The molecule has 0 atom stereocenters. The number of aryl methyl sites for hydroxylation is 1. The second-order valence-corrected chi connectivity index (χ2v) is 6.77. The van der Waals surface area contributed by atoms with E-state index in [9.17, 15) is 9.90 Å². The average molecular weight is 352 g/mol.